The van der Waals surface area contributed by atoms with Gasteiger partial charge in [-0.15, -0.1) is 22.7 Å². The molecule has 0 unspecified atom stereocenters. The first kappa shape index (κ1) is 13.7. The largest absolute Gasteiger partial charge is 0.293 e. The summed E-state index contributed by atoms with van der Waals surface area (Å²) < 4.78 is 0. The Morgan fingerprint density at radius 2 is 2.11 bits per heavy atom. The first-order valence-corrected chi connectivity index (χ1v) is 7.73. The summed E-state index contributed by atoms with van der Waals surface area (Å²) in [5.74, 6) is 0.0461. The minimum absolute atomic E-state index is 0.0262. The summed E-state index contributed by atoms with van der Waals surface area (Å²) >= 11 is 8.87. The van der Waals surface area contributed by atoms with E-state index in [0.29, 0.717) is 16.3 Å². The zero-order valence-corrected chi connectivity index (χ0v) is 12.9. The maximum absolute atomic E-state index is 12.0. The van der Waals surface area contributed by atoms with Crippen LogP contribution < -0.4 is 0 Å². The number of Topliss-reactive ketones (excluding diaryl/α,β-unsaturated/α-hetero) is 1. The number of hydrogen-bond acceptors (Lipinski definition) is 4. The summed E-state index contributed by atoms with van der Waals surface area (Å²) in [4.78, 5) is 17.2. The van der Waals surface area contributed by atoms with Crippen molar-refractivity contribution >= 4 is 40.1 Å². The molecule has 0 saturated heterocycles. The summed E-state index contributed by atoms with van der Waals surface area (Å²) in [5.41, 5.74) is 1.06. The number of carbonyl (C=O) groups is 1. The van der Waals surface area contributed by atoms with Gasteiger partial charge >= 0.3 is 0 Å². The Hall–Kier alpha value is -0.710. The lowest BCUT2D eigenvalue weighted by molar-refractivity contribution is 0.0997. The molecule has 96 valence electrons. The lowest BCUT2D eigenvalue weighted by atomic mass is 9.93. The molecule has 0 atom stereocenters. The van der Waals surface area contributed by atoms with Crippen molar-refractivity contribution in [1.29, 1.82) is 0 Å². The van der Waals surface area contributed by atoms with Crippen LogP contribution in [-0.2, 0) is 11.8 Å². The number of rotatable bonds is 3. The Balaban J connectivity index is 2.13. The third kappa shape index (κ3) is 2.99. The van der Waals surface area contributed by atoms with Crippen LogP contribution in [0.15, 0.2) is 16.8 Å². The molecular weight excluding hydrogens is 286 g/mol. The van der Waals surface area contributed by atoms with E-state index < -0.39 is 0 Å². The molecule has 0 aliphatic rings. The SMILES string of the molecule is CC(C)(C)c1csc(CC(=O)c2sccc2Cl)n1. The van der Waals surface area contributed by atoms with Crippen LogP contribution in [0, 0.1) is 0 Å². The summed E-state index contributed by atoms with van der Waals surface area (Å²) in [6.45, 7) is 6.34. The fourth-order valence-electron chi connectivity index (χ4n) is 1.45. The van der Waals surface area contributed by atoms with Crippen molar-refractivity contribution in [2.75, 3.05) is 0 Å². The van der Waals surface area contributed by atoms with Crippen molar-refractivity contribution in [1.82, 2.24) is 4.98 Å². The van der Waals surface area contributed by atoms with Gasteiger partial charge in [-0.1, -0.05) is 32.4 Å². The Morgan fingerprint density at radius 1 is 1.39 bits per heavy atom. The van der Waals surface area contributed by atoms with Crippen molar-refractivity contribution in [3.8, 4) is 0 Å². The van der Waals surface area contributed by atoms with Crippen LogP contribution in [0.2, 0.25) is 5.02 Å². The summed E-state index contributed by atoms with van der Waals surface area (Å²) in [5, 5.41) is 5.25. The lowest BCUT2D eigenvalue weighted by Gasteiger charge is -2.14. The molecule has 0 amide bonds. The topological polar surface area (TPSA) is 30.0 Å². The number of aromatic nitrogens is 1. The molecular formula is C13H14ClNOS2. The van der Waals surface area contributed by atoms with Crippen LogP contribution >= 0.6 is 34.3 Å². The molecule has 0 N–H and O–H groups in total. The average molecular weight is 300 g/mol. The van der Waals surface area contributed by atoms with Crippen LogP contribution in [0.3, 0.4) is 0 Å². The highest BCUT2D eigenvalue weighted by molar-refractivity contribution is 7.13. The second kappa shape index (κ2) is 5.11. The maximum atomic E-state index is 12.0. The highest BCUT2D eigenvalue weighted by Gasteiger charge is 2.19. The molecule has 0 saturated carbocycles. The molecule has 2 aromatic heterocycles. The van der Waals surface area contributed by atoms with Crippen LogP contribution in [0.25, 0.3) is 0 Å². The molecule has 2 rings (SSSR count). The van der Waals surface area contributed by atoms with Crippen LogP contribution in [0.1, 0.15) is 41.1 Å². The van der Waals surface area contributed by atoms with E-state index in [2.05, 4.69) is 25.8 Å². The summed E-state index contributed by atoms with van der Waals surface area (Å²) in [7, 11) is 0. The fourth-order valence-corrected chi connectivity index (χ4v) is 3.57. The van der Waals surface area contributed by atoms with E-state index in [1.165, 1.54) is 22.7 Å². The van der Waals surface area contributed by atoms with E-state index in [0.717, 1.165) is 10.7 Å². The van der Waals surface area contributed by atoms with Gasteiger partial charge in [0.2, 0.25) is 0 Å². The number of thiophene rings is 1. The molecule has 0 aliphatic carbocycles. The van der Waals surface area contributed by atoms with Gasteiger partial charge in [-0.2, -0.15) is 0 Å². The van der Waals surface area contributed by atoms with Crippen molar-refractivity contribution in [2.45, 2.75) is 32.6 Å². The summed E-state index contributed by atoms with van der Waals surface area (Å²) in [6, 6.07) is 1.75. The van der Waals surface area contributed by atoms with E-state index in [9.17, 15) is 4.79 Å². The predicted octanol–water partition coefficient (Wildman–Crippen LogP) is 4.58. The van der Waals surface area contributed by atoms with Gasteiger partial charge in [0.1, 0.15) is 5.01 Å². The number of nitrogens with zero attached hydrogens (tertiary/aromatic N) is 1. The first-order chi connectivity index (χ1) is 8.38. The van der Waals surface area contributed by atoms with Crippen LogP contribution in [-0.4, -0.2) is 10.8 Å². The zero-order valence-electron chi connectivity index (χ0n) is 10.5. The van der Waals surface area contributed by atoms with Crippen molar-refractivity contribution in [2.24, 2.45) is 0 Å². The number of halogens is 1. The van der Waals surface area contributed by atoms with Crippen LogP contribution in [0.5, 0.6) is 0 Å². The molecule has 0 fully saturated rings. The predicted molar refractivity (Wildman–Crippen MR) is 78.2 cm³/mol. The van der Waals surface area contributed by atoms with Crippen molar-refractivity contribution in [3.63, 3.8) is 0 Å². The van der Waals surface area contributed by atoms with E-state index >= 15 is 0 Å². The molecule has 2 heterocycles. The molecule has 0 radical (unpaired) electrons. The fraction of sp³-hybridized carbons (Fsp3) is 0.385. The molecule has 0 bridgehead atoms. The third-order valence-corrected chi connectivity index (χ3v) is 4.73. The van der Waals surface area contributed by atoms with Crippen LogP contribution in [0.4, 0.5) is 0 Å². The normalized spacial score (nSPS) is 11.8. The molecule has 0 spiro atoms. The van der Waals surface area contributed by atoms with E-state index in [-0.39, 0.29) is 11.2 Å². The summed E-state index contributed by atoms with van der Waals surface area (Å²) in [6.07, 6.45) is 0.334. The first-order valence-electron chi connectivity index (χ1n) is 5.59. The average Bonchev–Trinajstić information content (AvgIpc) is 2.85. The Labute approximate surface area is 120 Å². The van der Waals surface area contributed by atoms with E-state index in [4.69, 9.17) is 11.6 Å². The monoisotopic (exact) mass is 299 g/mol. The highest BCUT2D eigenvalue weighted by atomic mass is 35.5. The molecule has 2 aromatic rings. The van der Waals surface area contributed by atoms with Gasteiger partial charge < -0.3 is 0 Å². The van der Waals surface area contributed by atoms with Gasteiger partial charge in [-0.3, -0.25) is 4.79 Å². The second-order valence-electron chi connectivity index (χ2n) is 5.07. The zero-order chi connectivity index (χ0) is 13.3. The molecule has 5 heteroatoms. The number of thiazole rings is 1. The second-order valence-corrected chi connectivity index (χ2v) is 7.34. The van der Waals surface area contributed by atoms with Gasteiger partial charge in [0.05, 0.1) is 22.0 Å². The van der Waals surface area contributed by atoms with E-state index in [1.807, 2.05) is 10.8 Å². The van der Waals surface area contributed by atoms with Gasteiger partial charge in [-0.05, 0) is 11.4 Å². The molecule has 18 heavy (non-hydrogen) atoms. The lowest BCUT2D eigenvalue weighted by Crippen LogP contribution is -2.12. The van der Waals surface area contributed by atoms with E-state index in [1.54, 1.807) is 6.07 Å². The van der Waals surface area contributed by atoms with Gasteiger partial charge in [0.15, 0.2) is 5.78 Å². The number of carbonyl (C=O) groups excluding carboxylic acids is 1. The third-order valence-electron chi connectivity index (χ3n) is 2.50. The number of ketones is 1. The minimum Gasteiger partial charge on any atom is -0.293 e. The molecule has 0 aromatic carbocycles. The quantitative estimate of drug-likeness (QED) is 0.776. The maximum Gasteiger partial charge on any atom is 0.181 e. The van der Waals surface area contributed by atoms with Gasteiger partial charge in [-0.25, -0.2) is 4.98 Å². The molecule has 2 nitrogen and oxygen atoms in total. The number of hydrogen-bond donors (Lipinski definition) is 0. The van der Waals surface area contributed by atoms with Crippen molar-refractivity contribution in [3.05, 3.63) is 37.4 Å². The van der Waals surface area contributed by atoms with Gasteiger partial charge in [0, 0.05) is 10.8 Å². The Kier molecular flexibility index (Phi) is 3.90. The molecule has 0 aliphatic heterocycles. The highest BCUT2D eigenvalue weighted by Crippen LogP contribution is 2.27. The smallest absolute Gasteiger partial charge is 0.181 e. The standard InChI is InChI=1S/C13H14ClNOS2/c1-13(2,3)10-7-18-11(15-10)6-9(16)12-8(14)4-5-17-12/h4-5,7H,6H2,1-3H3. The Morgan fingerprint density at radius 3 is 2.61 bits per heavy atom. The van der Waals surface area contributed by atoms with Crippen molar-refractivity contribution < 1.29 is 4.79 Å². The Bertz CT molecular complexity index is 566. The minimum atomic E-state index is 0.0262. The van der Waals surface area contributed by atoms with Gasteiger partial charge in [0.25, 0.3) is 0 Å².